The van der Waals surface area contributed by atoms with Crippen LogP contribution in [0.2, 0.25) is 0 Å². The Morgan fingerprint density at radius 2 is 2.00 bits per heavy atom. The molecule has 1 fully saturated rings. The van der Waals surface area contributed by atoms with Crippen LogP contribution in [0, 0.1) is 5.41 Å². The Hall–Kier alpha value is -2.50. The fourth-order valence-electron chi connectivity index (χ4n) is 4.70. The number of methoxy groups -OCH3 is 2. The zero-order valence-corrected chi connectivity index (χ0v) is 14.4. The van der Waals surface area contributed by atoms with Gasteiger partial charge in [-0.3, -0.25) is 9.59 Å². The highest BCUT2D eigenvalue weighted by Gasteiger charge is 2.62. The largest absolute Gasteiger partial charge is 0.493 e. The molecule has 6 heteroatoms. The van der Waals surface area contributed by atoms with E-state index >= 15 is 0 Å². The second-order valence-corrected chi connectivity index (χ2v) is 6.84. The Bertz CT molecular complexity index is 799. The first kappa shape index (κ1) is 16.0. The molecule has 2 heterocycles. The normalized spacial score (nSPS) is 27.1. The Labute approximate surface area is 146 Å². The van der Waals surface area contributed by atoms with Crippen LogP contribution in [0.5, 0.6) is 11.5 Å². The fourth-order valence-corrected chi connectivity index (χ4v) is 4.70. The Morgan fingerprint density at radius 3 is 2.68 bits per heavy atom. The third-order valence-electron chi connectivity index (χ3n) is 5.82. The highest BCUT2D eigenvalue weighted by atomic mass is 16.5. The van der Waals surface area contributed by atoms with Gasteiger partial charge in [0.25, 0.3) is 5.91 Å². The SMILES string of the molecule is COc1cc2c(cc1OC)[C@H]1N(CC2)C(=O)C2=CCCC[C@]21C(=O)O. The molecule has 1 aromatic carbocycles. The lowest BCUT2D eigenvalue weighted by Crippen LogP contribution is -2.43. The summed E-state index contributed by atoms with van der Waals surface area (Å²) in [5.74, 6) is 0.140. The molecule has 1 saturated heterocycles. The maximum absolute atomic E-state index is 12.9. The molecule has 0 aromatic heterocycles. The third-order valence-corrected chi connectivity index (χ3v) is 5.82. The quantitative estimate of drug-likeness (QED) is 0.911. The smallest absolute Gasteiger partial charge is 0.316 e. The molecule has 0 radical (unpaired) electrons. The van der Waals surface area contributed by atoms with E-state index in [1.807, 2.05) is 18.2 Å². The number of hydrogen-bond donors (Lipinski definition) is 1. The summed E-state index contributed by atoms with van der Waals surface area (Å²) in [7, 11) is 3.14. The number of rotatable bonds is 3. The van der Waals surface area contributed by atoms with Gasteiger partial charge in [-0.05, 0) is 48.9 Å². The van der Waals surface area contributed by atoms with Crippen molar-refractivity contribution < 1.29 is 24.2 Å². The molecule has 6 nitrogen and oxygen atoms in total. The van der Waals surface area contributed by atoms with Crippen LogP contribution in [-0.2, 0) is 16.0 Å². The van der Waals surface area contributed by atoms with Crippen LogP contribution >= 0.6 is 0 Å². The molecule has 3 aliphatic rings. The van der Waals surface area contributed by atoms with Crippen LogP contribution in [0.15, 0.2) is 23.8 Å². The molecular formula is C19H21NO5. The number of benzene rings is 1. The summed E-state index contributed by atoms with van der Waals surface area (Å²) in [6.45, 7) is 0.526. The van der Waals surface area contributed by atoms with E-state index in [0.717, 1.165) is 24.0 Å². The molecule has 25 heavy (non-hydrogen) atoms. The number of aliphatic carboxylic acids is 1. The number of ether oxygens (including phenoxy) is 2. The molecule has 0 spiro atoms. The van der Waals surface area contributed by atoms with E-state index < -0.39 is 17.4 Å². The van der Waals surface area contributed by atoms with Crippen molar-refractivity contribution in [2.24, 2.45) is 5.41 Å². The maximum Gasteiger partial charge on any atom is 0.316 e. The van der Waals surface area contributed by atoms with Crippen LogP contribution in [0.1, 0.15) is 36.4 Å². The van der Waals surface area contributed by atoms with E-state index in [1.54, 1.807) is 19.1 Å². The Morgan fingerprint density at radius 1 is 1.28 bits per heavy atom. The van der Waals surface area contributed by atoms with Gasteiger partial charge in [-0.2, -0.15) is 0 Å². The molecule has 1 N–H and O–H groups in total. The summed E-state index contributed by atoms with van der Waals surface area (Å²) < 4.78 is 10.8. The Kier molecular flexibility index (Phi) is 3.52. The van der Waals surface area contributed by atoms with Crippen molar-refractivity contribution in [1.82, 2.24) is 4.90 Å². The van der Waals surface area contributed by atoms with Crippen LogP contribution in [0.25, 0.3) is 0 Å². The summed E-state index contributed by atoms with van der Waals surface area (Å²) in [5.41, 5.74) is 1.19. The highest BCUT2D eigenvalue weighted by molar-refractivity contribution is 6.05. The number of carboxylic acids is 1. The van der Waals surface area contributed by atoms with Crippen molar-refractivity contribution in [2.75, 3.05) is 20.8 Å². The lowest BCUT2D eigenvalue weighted by atomic mass is 9.67. The van der Waals surface area contributed by atoms with Gasteiger partial charge < -0.3 is 19.5 Å². The maximum atomic E-state index is 12.9. The molecule has 0 saturated carbocycles. The summed E-state index contributed by atoms with van der Waals surface area (Å²) in [6, 6.07) is 3.28. The molecule has 1 amide bonds. The average Bonchev–Trinajstić information content (AvgIpc) is 2.91. The molecule has 132 valence electrons. The number of hydrogen-bond acceptors (Lipinski definition) is 4. The summed E-state index contributed by atoms with van der Waals surface area (Å²) in [5, 5.41) is 10.1. The van der Waals surface area contributed by atoms with Gasteiger partial charge in [-0.25, -0.2) is 0 Å². The van der Waals surface area contributed by atoms with E-state index in [4.69, 9.17) is 9.47 Å². The standard InChI is InChI=1S/C19H21NO5/c1-24-14-9-11-6-8-20-16(12(11)10-15(14)25-2)19(18(22)23)7-4-3-5-13(19)17(20)21/h5,9-10,16H,3-4,6-8H2,1-2H3,(H,22,23)/t16-,19+/m1/s1. The van der Waals surface area contributed by atoms with Crippen molar-refractivity contribution in [2.45, 2.75) is 31.7 Å². The predicted octanol–water partition coefficient (Wildman–Crippen LogP) is 2.32. The van der Waals surface area contributed by atoms with Crippen molar-refractivity contribution >= 4 is 11.9 Å². The van der Waals surface area contributed by atoms with Crippen LogP contribution in [-0.4, -0.2) is 42.6 Å². The first-order chi connectivity index (χ1) is 12.0. The minimum absolute atomic E-state index is 0.132. The zero-order chi connectivity index (χ0) is 17.8. The van der Waals surface area contributed by atoms with E-state index in [9.17, 15) is 14.7 Å². The first-order valence-corrected chi connectivity index (χ1v) is 8.54. The average molecular weight is 343 g/mol. The number of carbonyl (C=O) groups is 2. The number of nitrogens with zero attached hydrogens (tertiary/aromatic N) is 1. The van der Waals surface area contributed by atoms with Crippen molar-refractivity contribution in [3.8, 4) is 11.5 Å². The topological polar surface area (TPSA) is 76.1 Å². The van der Waals surface area contributed by atoms with E-state index in [1.165, 1.54) is 0 Å². The number of fused-ring (bicyclic) bond motifs is 5. The van der Waals surface area contributed by atoms with Gasteiger partial charge in [-0.1, -0.05) is 6.08 Å². The molecule has 0 bridgehead atoms. The first-order valence-electron chi connectivity index (χ1n) is 8.54. The monoisotopic (exact) mass is 343 g/mol. The number of amides is 1. The number of carbonyl (C=O) groups excluding carboxylic acids is 1. The van der Waals surface area contributed by atoms with Crippen molar-refractivity contribution in [3.63, 3.8) is 0 Å². The summed E-state index contributed by atoms with van der Waals surface area (Å²) in [6.07, 6.45) is 4.53. The molecule has 2 aliphatic heterocycles. The van der Waals surface area contributed by atoms with Crippen LogP contribution in [0.4, 0.5) is 0 Å². The number of allylic oxidation sites excluding steroid dienone is 1. The molecular weight excluding hydrogens is 322 g/mol. The molecule has 1 aromatic rings. The molecule has 4 rings (SSSR count). The van der Waals surface area contributed by atoms with Gasteiger partial charge in [0.1, 0.15) is 5.41 Å². The zero-order valence-electron chi connectivity index (χ0n) is 14.4. The highest BCUT2D eigenvalue weighted by Crippen LogP contribution is 2.58. The number of carboxylic acid groups (broad SMARTS) is 1. The van der Waals surface area contributed by atoms with E-state index in [0.29, 0.717) is 36.5 Å². The van der Waals surface area contributed by atoms with E-state index in [2.05, 4.69) is 0 Å². The van der Waals surface area contributed by atoms with Crippen LogP contribution < -0.4 is 9.47 Å². The van der Waals surface area contributed by atoms with Gasteiger partial charge in [0.2, 0.25) is 0 Å². The van der Waals surface area contributed by atoms with Gasteiger partial charge in [-0.15, -0.1) is 0 Å². The summed E-state index contributed by atoms with van der Waals surface area (Å²) >= 11 is 0. The van der Waals surface area contributed by atoms with Crippen molar-refractivity contribution in [1.29, 1.82) is 0 Å². The second-order valence-electron chi connectivity index (χ2n) is 6.84. The Balaban J connectivity index is 1.95. The van der Waals surface area contributed by atoms with Crippen LogP contribution in [0.3, 0.4) is 0 Å². The third kappa shape index (κ3) is 1.97. The van der Waals surface area contributed by atoms with E-state index in [-0.39, 0.29) is 5.91 Å². The molecule has 1 aliphatic carbocycles. The van der Waals surface area contributed by atoms with Gasteiger partial charge in [0.15, 0.2) is 11.5 Å². The minimum Gasteiger partial charge on any atom is -0.493 e. The van der Waals surface area contributed by atoms with Gasteiger partial charge in [0.05, 0.1) is 20.3 Å². The molecule has 0 unspecified atom stereocenters. The van der Waals surface area contributed by atoms with Gasteiger partial charge >= 0.3 is 5.97 Å². The summed E-state index contributed by atoms with van der Waals surface area (Å²) in [4.78, 5) is 27.0. The molecule has 2 atom stereocenters. The predicted molar refractivity (Wildman–Crippen MR) is 89.7 cm³/mol. The lowest BCUT2D eigenvalue weighted by Gasteiger charge is -2.40. The lowest BCUT2D eigenvalue weighted by molar-refractivity contribution is -0.149. The second kappa shape index (κ2) is 5.51. The minimum atomic E-state index is -1.16. The fraction of sp³-hybridized carbons (Fsp3) is 0.474. The van der Waals surface area contributed by atoms with Crippen molar-refractivity contribution in [3.05, 3.63) is 34.9 Å². The van der Waals surface area contributed by atoms with Gasteiger partial charge in [0, 0.05) is 12.1 Å².